The van der Waals surface area contributed by atoms with Gasteiger partial charge in [0.25, 0.3) is 0 Å². The lowest BCUT2D eigenvalue weighted by Gasteiger charge is -2.30. The molecular weight excluding hydrogens is 1640 g/mol. The van der Waals surface area contributed by atoms with E-state index in [-0.39, 0.29) is 42.4 Å². The Kier molecular flexibility index (Phi) is 43.6. The van der Waals surface area contributed by atoms with Crippen molar-refractivity contribution in [1.29, 1.82) is 0 Å². The molecule has 1 aliphatic heterocycles. The van der Waals surface area contributed by atoms with Gasteiger partial charge in [0.15, 0.2) is 10.9 Å². The van der Waals surface area contributed by atoms with Crippen LogP contribution in [0.3, 0.4) is 0 Å². The molecule has 3 aromatic rings. The van der Waals surface area contributed by atoms with E-state index in [0.717, 1.165) is 65.7 Å². The van der Waals surface area contributed by atoms with Crippen LogP contribution in [0, 0.1) is 5.92 Å². The van der Waals surface area contributed by atoms with E-state index in [4.69, 9.17) is 33.2 Å². The lowest BCUT2D eigenvalue weighted by atomic mass is 9.96. The number of aromatic amines is 1. The fourth-order valence-electron chi connectivity index (χ4n) is 12.3. The van der Waals surface area contributed by atoms with Crippen LogP contribution in [0.25, 0.3) is 10.9 Å². The number of aliphatic hydroxyl groups excluding tert-OH is 1. The summed E-state index contributed by atoms with van der Waals surface area (Å²) in [6, 6.07) is -10.7. The molecule has 1 saturated heterocycles. The number of thiocarbonyl (C=S) groups is 1. The first-order valence-electron chi connectivity index (χ1n) is 39.3. The van der Waals surface area contributed by atoms with Crippen LogP contribution >= 0.6 is 12.2 Å². The zero-order valence-corrected chi connectivity index (χ0v) is 68.8. The number of carboxylic acid groups (broad SMARTS) is 4. The van der Waals surface area contributed by atoms with Gasteiger partial charge in [-0.25, -0.2) is 9.59 Å². The largest absolute Gasteiger partial charge is 0.481 e. The van der Waals surface area contributed by atoms with Crippen LogP contribution in [-0.2, 0) is 102 Å². The average Bonchev–Trinajstić information content (AvgIpc) is 1.72. The molecule has 13 atom stereocenters. The summed E-state index contributed by atoms with van der Waals surface area (Å²) in [6.07, 6.45) is -0.339. The highest BCUT2D eigenvalue weighted by atomic mass is 32.1. The predicted molar refractivity (Wildman–Crippen MR) is 436 cm³/mol. The van der Waals surface area contributed by atoms with Crippen molar-refractivity contribution in [3.63, 3.8) is 0 Å². The Bertz CT molecular complexity index is 4320. The van der Waals surface area contributed by atoms with Crippen molar-refractivity contribution in [2.45, 2.75) is 209 Å². The molecule has 1 aliphatic rings. The minimum atomic E-state index is -2.48. The number of unbranched alkanes of at least 4 members (excludes halogenated alkanes) is 7. The van der Waals surface area contributed by atoms with Gasteiger partial charge in [-0.05, 0) is 75.0 Å². The molecule has 1 fully saturated rings. The lowest BCUT2D eigenvalue weighted by Crippen LogP contribution is -2.62. The van der Waals surface area contributed by atoms with Crippen molar-refractivity contribution in [3.8, 4) is 0 Å². The van der Waals surface area contributed by atoms with Crippen LogP contribution in [0.2, 0.25) is 0 Å². The maximum Gasteiger partial charge on any atom is 0.407 e. The van der Waals surface area contributed by atoms with Gasteiger partial charge in [-0.2, -0.15) is 0 Å². The van der Waals surface area contributed by atoms with Crippen LogP contribution in [0.1, 0.15) is 146 Å². The molecule has 0 aliphatic carbocycles. The number of aromatic nitrogens is 1. The standard InChI is InChI=1S/C77H108N18O27S/c1-6-8-9-10-11-12-13-18-25-80-76(123)93-48(29-42-35-82-46-23-17-15-20-43(42)46)69(113)89-49(31-56(79)98)70(114)91-52(34-62(107)108)71(115)95-64-41(5)122-75(119)53(30-55(97)44-21-14-16-22-45(44)78)92-74(118)63(39(3)28-59(101)102)94-72(116)54(38-96)87-58(100)36-83-66(110)50(32-60(103)104)88-65(109)40(4)85-68(112)51(33-61(105)106)90-67(111)47(86-57(99)37-84-73(64)117)24-19-26-81-77(120)121-27-7-2/h7,14-17,20-23,35,39-41,47-54,63-64,82,96H,2,6,8-13,18-19,24-34,36-38,78H2,1,3-5H3,(H2,79,98)(H,81,120)(H,83,110)(H,84,117)(H,85,112)(H,86,99)(H,87,100)(H,88,109)(H,89,113)(H,90,111)(H,91,114)(H,92,118)(H,94,116)(H,95,115)(H,101,102)(H,103,104)(H,105,106)(H,107,108)(H2,80,93,123)/t39?,40-,41-,47+,48+,49-,50+,51+,52+,53+,54-,63+,64+/m1/s1. The van der Waals surface area contributed by atoms with Crippen molar-refractivity contribution in [2.24, 2.45) is 11.7 Å². The number of cyclic esters (lactones) is 1. The van der Waals surface area contributed by atoms with Crippen molar-refractivity contribution < 1.29 is 131 Å². The van der Waals surface area contributed by atoms with Gasteiger partial charge in [0.1, 0.15) is 79.2 Å². The van der Waals surface area contributed by atoms with E-state index >= 15 is 0 Å². The zero-order chi connectivity index (χ0) is 91.6. The number of para-hydroxylation sites is 2. The molecule has 1 aromatic heterocycles. The number of alkyl carbamates (subject to hydrolysis) is 1. The fourth-order valence-corrected chi connectivity index (χ4v) is 12.5. The quantitative estimate of drug-likeness (QED) is 0.00641. The number of primary amides is 1. The summed E-state index contributed by atoms with van der Waals surface area (Å²) in [4.78, 5) is 277. The Balaban J connectivity index is 1.90. The summed E-state index contributed by atoms with van der Waals surface area (Å²) in [5, 5.41) is 84.8. The predicted octanol–water partition coefficient (Wildman–Crippen LogP) is -4.32. The molecule has 45 nitrogen and oxygen atoms in total. The van der Waals surface area contributed by atoms with Crippen LogP contribution in [-0.4, -0.2) is 266 Å². The SMILES string of the molecule is C=CCOC(=O)NCCC[C@@H]1NC(=O)CNC(=O)[C@@H](NC(=O)[C@H](CC(=O)O)NC(=O)[C@@H](CC(N)=O)NC(=O)[C@H](Cc2c[nH]c3ccccc23)NC(=S)NCCCCCCCCCC)[C@@H](C)OC(=O)[C@H](CC(=O)c2ccccc2N)NC(=O)[C@H](C(C)CC(=O)O)NC(=O)[C@@H](CO)NC(=O)CNC(=O)[C@H](CC(=O)O)NC(=O)[C@@H](C)NC(=O)[C@H](CC(=O)O)NC1=O. The number of ketones is 1. The molecule has 1 unspecified atom stereocenters. The number of H-pyrrole nitrogens is 1. The van der Waals surface area contributed by atoms with E-state index in [9.17, 15) is 121 Å². The third kappa shape index (κ3) is 36.6. The highest BCUT2D eigenvalue weighted by molar-refractivity contribution is 7.80. The number of aliphatic hydroxyl groups is 1. The number of benzene rings is 2. The lowest BCUT2D eigenvalue weighted by molar-refractivity contribution is -0.156. The van der Waals surface area contributed by atoms with Gasteiger partial charge in [-0.1, -0.05) is 102 Å². The van der Waals surface area contributed by atoms with Crippen molar-refractivity contribution in [3.05, 3.63) is 78.5 Å². The molecular formula is C77H108N18O27S. The topological polar surface area (TPSA) is 709 Å². The first-order chi connectivity index (χ1) is 58.2. The van der Waals surface area contributed by atoms with E-state index in [2.05, 4.69) is 82.3 Å². The zero-order valence-electron chi connectivity index (χ0n) is 68.0. The van der Waals surface area contributed by atoms with Gasteiger partial charge in [0.05, 0.1) is 51.8 Å². The number of rotatable bonds is 39. The van der Waals surface area contributed by atoms with E-state index in [1.165, 1.54) is 30.3 Å². The summed E-state index contributed by atoms with van der Waals surface area (Å²) < 4.78 is 10.6. The minimum Gasteiger partial charge on any atom is -0.481 e. The molecule has 0 bridgehead atoms. The van der Waals surface area contributed by atoms with Crippen LogP contribution in [0.4, 0.5) is 10.5 Å². The molecule has 4 rings (SSSR count). The number of nitrogens with one attached hydrogen (secondary N) is 16. The van der Waals surface area contributed by atoms with Crippen molar-refractivity contribution in [2.75, 3.05) is 45.1 Å². The number of hydrogen-bond acceptors (Lipinski definition) is 25. The number of carboxylic acids is 4. The summed E-state index contributed by atoms with van der Waals surface area (Å²) >= 11 is 5.63. The van der Waals surface area contributed by atoms with Gasteiger partial charge in [0.2, 0.25) is 76.8 Å². The van der Waals surface area contributed by atoms with Crippen LogP contribution in [0.5, 0.6) is 0 Å². The van der Waals surface area contributed by atoms with Gasteiger partial charge in [-0.3, -0.25) is 86.3 Å². The number of hydrogen-bond donors (Lipinski definition) is 23. The van der Waals surface area contributed by atoms with Crippen LogP contribution < -0.4 is 91.2 Å². The third-order valence-electron chi connectivity index (χ3n) is 18.7. The second-order valence-corrected chi connectivity index (χ2v) is 29.1. The summed E-state index contributed by atoms with van der Waals surface area (Å²) in [6.45, 7) is 4.47. The van der Waals surface area contributed by atoms with E-state index < -0.39 is 262 Å². The Morgan fingerprint density at radius 1 is 0.585 bits per heavy atom. The highest BCUT2D eigenvalue weighted by Gasteiger charge is 2.41. The number of carbonyl (C=O) groups is 20. The smallest absolute Gasteiger partial charge is 0.407 e. The Morgan fingerprint density at radius 3 is 1.74 bits per heavy atom. The first-order valence-corrected chi connectivity index (χ1v) is 39.7. The van der Waals surface area contributed by atoms with Gasteiger partial charge in [0, 0.05) is 54.3 Å². The number of ether oxygens (including phenoxy) is 2. The first kappa shape index (κ1) is 102. The molecule has 2 heterocycles. The number of Topliss-reactive ketones (excluding diaryl/α,β-unsaturated/α-hetero) is 1. The van der Waals surface area contributed by atoms with E-state index in [1.807, 2.05) is 16.0 Å². The van der Waals surface area contributed by atoms with E-state index in [0.29, 0.717) is 29.4 Å². The normalized spacial score (nSPS) is 20.4. The second-order valence-electron chi connectivity index (χ2n) is 28.7. The number of carbonyl (C=O) groups excluding carboxylic acids is 16. The second kappa shape index (κ2) is 52.6. The summed E-state index contributed by atoms with van der Waals surface area (Å²) in [5.41, 5.74) is 12.5. The van der Waals surface area contributed by atoms with E-state index in [1.54, 1.807) is 30.5 Å². The molecule has 0 spiro atoms. The average molecular weight is 1750 g/mol. The van der Waals surface area contributed by atoms with Crippen molar-refractivity contribution in [1.82, 2.24) is 84.7 Å². The molecule has 46 heteroatoms. The number of nitrogens with two attached hydrogens (primary N) is 2. The minimum absolute atomic E-state index is 0.0128. The van der Waals surface area contributed by atoms with Gasteiger partial charge in [-0.15, -0.1) is 0 Å². The Hall–Kier alpha value is -13.4. The number of fused-ring (bicyclic) bond motifs is 1. The number of anilines is 1. The number of amides is 14. The van der Waals surface area contributed by atoms with Gasteiger partial charge < -0.3 is 131 Å². The molecule has 674 valence electrons. The molecule has 2 aromatic carbocycles. The van der Waals surface area contributed by atoms with Crippen molar-refractivity contribution >= 4 is 152 Å². The number of esters is 1. The monoisotopic (exact) mass is 1750 g/mol. The number of aliphatic carboxylic acids is 4. The van der Waals surface area contributed by atoms with Crippen LogP contribution in [0.15, 0.2) is 67.4 Å². The molecule has 14 amide bonds. The highest BCUT2D eigenvalue weighted by Crippen LogP contribution is 2.21. The van der Waals surface area contributed by atoms with Gasteiger partial charge >= 0.3 is 35.9 Å². The maximum absolute atomic E-state index is 14.9. The Morgan fingerprint density at radius 2 is 1.13 bits per heavy atom. The molecule has 0 radical (unpaired) electrons. The molecule has 0 saturated carbocycles. The molecule has 25 N–H and O–H groups in total. The summed E-state index contributed by atoms with van der Waals surface area (Å²) in [5.74, 6) is -29.5. The Labute approximate surface area is 709 Å². The summed E-state index contributed by atoms with van der Waals surface area (Å²) in [7, 11) is 0. The third-order valence-corrected chi connectivity index (χ3v) is 19.0. The number of nitrogen functional groups attached to an aromatic ring is 1. The molecule has 123 heavy (non-hydrogen) atoms. The fraction of sp³-hybridized carbons (Fsp3) is 0.519. The maximum atomic E-state index is 14.9.